The van der Waals surface area contributed by atoms with Crippen LogP contribution in [0.3, 0.4) is 0 Å². The quantitative estimate of drug-likeness (QED) is 0.904. The van der Waals surface area contributed by atoms with Crippen molar-refractivity contribution in [1.29, 1.82) is 0 Å². The van der Waals surface area contributed by atoms with Gasteiger partial charge in [0.2, 0.25) is 0 Å². The highest BCUT2D eigenvalue weighted by molar-refractivity contribution is 6.01. The first-order valence-corrected chi connectivity index (χ1v) is 7.12. The Bertz CT molecular complexity index is 685. The smallest absolute Gasteiger partial charge is 0.337 e. The Morgan fingerprint density at radius 1 is 1.45 bits per heavy atom. The number of fused-ring (bicyclic) bond motifs is 1. The molecular formula is C16H20N2O2. The Morgan fingerprint density at radius 3 is 2.80 bits per heavy atom. The summed E-state index contributed by atoms with van der Waals surface area (Å²) in [4.78, 5) is 16.1. The van der Waals surface area contributed by atoms with E-state index in [1.165, 1.54) is 12.8 Å². The van der Waals surface area contributed by atoms with Crippen molar-refractivity contribution in [3.05, 3.63) is 29.6 Å². The third kappa shape index (κ3) is 1.82. The summed E-state index contributed by atoms with van der Waals surface area (Å²) in [5, 5.41) is 9.45. The lowest BCUT2D eigenvalue weighted by molar-refractivity contribution is 0.0698. The summed E-state index contributed by atoms with van der Waals surface area (Å²) >= 11 is 0. The van der Waals surface area contributed by atoms with Crippen LogP contribution in [0.2, 0.25) is 0 Å². The van der Waals surface area contributed by atoms with Crippen LogP contribution in [0.25, 0.3) is 11.0 Å². The van der Waals surface area contributed by atoms with Crippen LogP contribution in [0.15, 0.2) is 18.2 Å². The molecule has 1 aliphatic carbocycles. The lowest BCUT2D eigenvalue weighted by atomic mass is 9.87. The fourth-order valence-electron chi connectivity index (χ4n) is 3.61. The van der Waals surface area contributed by atoms with Gasteiger partial charge in [0.25, 0.3) is 0 Å². The number of aromatic carboxylic acids is 1. The molecule has 20 heavy (non-hydrogen) atoms. The molecule has 4 heteroatoms. The van der Waals surface area contributed by atoms with E-state index in [1.807, 2.05) is 13.0 Å². The molecule has 0 saturated heterocycles. The second-order valence-corrected chi connectivity index (χ2v) is 6.40. The first-order valence-electron chi connectivity index (χ1n) is 7.12. The van der Waals surface area contributed by atoms with Crippen molar-refractivity contribution in [3.63, 3.8) is 0 Å². The Balaban J connectivity index is 2.30. The Hall–Kier alpha value is -1.84. The number of hydrogen-bond acceptors (Lipinski definition) is 2. The van der Waals surface area contributed by atoms with Gasteiger partial charge in [0.05, 0.1) is 16.6 Å². The van der Waals surface area contributed by atoms with Gasteiger partial charge in [0.1, 0.15) is 5.82 Å². The van der Waals surface area contributed by atoms with Crippen molar-refractivity contribution in [1.82, 2.24) is 9.55 Å². The first-order chi connectivity index (χ1) is 9.42. The summed E-state index contributed by atoms with van der Waals surface area (Å²) in [7, 11) is 0. The molecule has 1 saturated carbocycles. The molecule has 0 aliphatic heterocycles. The minimum absolute atomic E-state index is 0.185. The van der Waals surface area contributed by atoms with Crippen LogP contribution >= 0.6 is 0 Å². The molecule has 1 atom stereocenters. The zero-order valence-electron chi connectivity index (χ0n) is 12.2. The molecule has 1 aromatic heterocycles. The topological polar surface area (TPSA) is 55.1 Å². The van der Waals surface area contributed by atoms with E-state index in [0.717, 1.165) is 23.3 Å². The minimum Gasteiger partial charge on any atom is -0.478 e. The van der Waals surface area contributed by atoms with E-state index >= 15 is 0 Å². The summed E-state index contributed by atoms with van der Waals surface area (Å²) in [6.07, 6.45) is 3.45. The molecule has 4 nitrogen and oxygen atoms in total. The summed E-state index contributed by atoms with van der Waals surface area (Å²) in [6.45, 7) is 6.50. The lowest BCUT2D eigenvalue weighted by Gasteiger charge is -2.30. The van der Waals surface area contributed by atoms with E-state index < -0.39 is 5.97 Å². The predicted octanol–water partition coefficient (Wildman–Crippen LogP) is 3.79. The predicted molar refractivity (Wildman–Crippen MR) is 78.1 cm³/mol. The zero-order chi connectivity index (χ0) is 14.5. The van der Waals surface area contributed by atoms with Gasteiger partial charge in [0.15, 0.2) is 0 Å². The van der Waals surface area contributed by atoms with Gasteiger partial charge in [0, 0.05) is 6.04 Å². The molecule has 0 spiro atoms. The van der Waals surface area contributed by atoms with Crippen LogP contribution in [-0.4, -0.2) is 20.6 Å². The van der Waals surface area contributed by atoms with E-state index in [1.54, 1.807) is 12.1 Å². The van der Waals surface area contributed by atoms with E-state index in [0.29, 0.717) is 11.6 Å². The molecule has 0 bridgehead atoms. The number of carbonyl (C=O) groups is 1. The number of aromatic nitrogens is 2. The van der Waals surface area contributed by atoms with Crippen LogP contribution in [0, 0.1) is 12.3 Å². The third-order valence-corrected chi connectivity index (χ3v) is 4.63. The average molecular weight is 272 g/mol. The molecule has 1 aliphatic rings. The lowest BCUT2D eigenvalue weighted by Crippen LogP contribution is -2.23. The average Bonchev–Trinajstić information content (AvgIpc) is 2.86. The minimum atomic E-state index is -0.882. The van der Waals surface area contributed by atoms with Gasteiger partial charge in [-0.05, 0) is 37.3 Å². The van der Waals surface area contributed by atoms with Gasteiger partial charge in [-0.25, -0.2) is 9.78 Å². The van der Waals surface area contributed by atoms with Crippen LogP contribution in [0.1, 0.15) is 55.3 Å². The number of carboxylic acids is 1. The van der Waals surface area contributed by atoms with Crippen molar-refractivity contribution < 1.29 is 9.90 Å². The summed E-state index contributed by atoms with van der Waals surface area (Å²) in [5.74, 6) is 0.0289. The maximum Gasteiger partial charge on any atom is 0.337 e. The fourth-order valence-corrected chi connectivity index (χ4v) is 3.61. The van der Waals surface area contributed by atoms with Gasteiger partial charge in [-0.3, -0.25) is 0 Å². The van der Waals surface area contributed by atoms with Crippen LogP contribution in [-0.2, 0) is 0 Å². The molecule has 1 fully saturated rings. The normalized spacial score (nSPS) is 21.4. The van der Waals surface area contributed by atoms with Crippen LogP contribution < -0.4 is 0 Å². The second-order valence-electron chi connectivity index (χ2n) is 6.40. The van der Waals surface area contributed by atoms with Gasteiger partial charge >= 0.3 is 5.97 Å². The number of rotatable bonds is 2. The first kappa shape index (κ1) is 13.2. The molecule has 2 aromatic rings. The Labute approximate surface area is 118 Å². The highest BCUT2D eigenvalue weighted by Gasteiger charge is 2.37. The molecule has 0 radical (unpaired) electrons. The molecule has 1 N–H and O–H groups in total. The standard InChI is InChI=1S/C16H20N2O2/c1-10-17-12-7-4-6-11(15(19)20)14(12)18(10)13-8-5-9-16(13,2)3/h4,6-7,13H,5,8-9H2,1-3H3,(H,19,20). The van der Waals surface area contributed by atoms with E-state index in [9.17, 15) is 9.90 Å². The Morgan fingerprint density at radius 2 is 2.20 bits per heavy atom. The van der Waals surface area contributed by atoms with E-state index in [-0.39, 0.29) is 5.41 Å². The molecule has 0 amide bonds. The highest BCUT2D eigenvalue weighted by atomic mass is 16.4. The number of aryl methyl sites for hydroxylation is 1. The number of benzene rings is 1. The van der Waals surface area contributed by atoms with Gasteiger partial charge in [-0.15, -0.1) is 0 Å². The summed E-state index contributed by atoms with van der Waals surface area (Å²) in [5.41, 5.74) is 2.10. The molecule has 3 rings (SSSR count). The van der Waals surface area contributed by atoms with Crippen molar-refractivity contribution >= 4 is 17.0 Å². The second kappa shape index (κ2) is 4.33. The Kier molecular flexibility index (Phi) is 2.85. The van der Waals surface area contributed by atoms with Crippen molar-refractivity contribution in [3.8, 4) is 0 Å². The van der Waals surface area contributed by atoms with Crippen LogP contribution in [0.5, 0.6) is 0 Å². The van der Waals surface area contributed by atoms with Gasteiger partial charge in [-0.1, -0.05) is 26.3 Å². The van der Waals surface area contributed by atoms with Gasteiger partial charge in [-0.2, -0.15) is 0 Å². The van der Waals surface area contributed by atoms with Crippen molar-refractivity contribution in [2.75, 3.05) is 0 Å². The third-order valence-electron chi connectivity index (χ3n) is 4.63. The SMILES string of the molecule is Cc1nc2cccc(C(=O)O)c2n1C1CCCC1(C)C. The molecular weight excluding hydrogens is 252 g/mol. The number of nitrogens with zero attached hydrogens (tertiary/aromatic N) is 2. The maximum absolute atomic E-state index is 11.5. The largest absolute Gasteiger partial charge is 0.478 e. The molecule has 1 unspecified atom stereocenters. The van der Waals surface area contributed by atoms with Crippen LogP contribution in [0.4, 0.5) is 0 Å². The van der Waals surface area contributed by atoms with Gasteiger partial charge < -0.3 is 9.67 Å². The number of para-hydroxylation sites is 1. The van der Waals surface area contributed by atoms with E-state index in [2.05, 4.69) is 23.4 Å². The fraction of sp³-hybridized carbons (Fsp3) is 0.500. The monoisotopic (exact) mass is 272 g/mol. The summed E-state index contributed by atoms with van der Waals surface area (Å²) in [6, 6.07) is 5.66. The van der Waals surface area contributed by atoms with E-state index in [4.69, 9.17) is 0 Å². The molecule has 106 valence electrons. The van der Waals surface area contributed by atoms with Crippen molar-refractivity contribution in [2.24, 2.45) is 5.41 Å². The zero-order valence-corrected chi connectivity index (χ0v) is 12.2. The number of carboxylic acid groups (broad SMARTS) is 1. The molecule has 1 aromatic carbocycles. The summed E-state index contributed by atoms with van der Waals surface area (Å²) < 4.78 is 2.16. The number of hydrogen-bond donors (Lipinski definition) is 1. The van der Waals surface area contributed by atoms with Crippen molar-refractivity contribution in [2.45, 2.75) is 46.1 Å². The number of imidazole rings is 1. The molecule has 1 heterocycles. The maximum atomic E-state index is 11.5. The highest BCUT2D eigenvalue weighted by Crippen LogP contribution is 2.47.